The van der Waals surface area contributed by atoms with Crippen LogP contribution in [0.4, 0.5) is 13.2 Å². The molecule has 0 heterocycles. The van der Waals surface area contributed by atoms with Crippen LogP contribution >= 0.6 is 0 Å². The Balaban J connectivity index is 1.83. The molecular weight excluding hydrogens is 287 g/mol. The number of benzene rings is 2. The lowest BCUT2D eigenvalue weighted by atomic mass is 10.0. The minimum absolute atomic E-state index is 0.132. The van der Waals surface area contributed by atoms with E-state index in [9.17, 15) is 13.2 Å². The summed E-state index contributed by atoms with van der Waals surface area (Å²) in [6.07, 6.45) is -2.79. The molecule has 1 atom stereocenters. The van der Waals surface area contributed by atoms with Gasteiger partial charge in [-0.05, 0) is 43.5 Å². The summed E-state index contributed by atoms with van der Waals surface area (Å²) >= 11 is 0. The summed E-state index contributed by atoms with van der Waals surface area (Å²) in [5, 5.41) is 3.36. The van der Waals surface area contributed by atoms with Crippen LogP contribution in [0, 0.1) is 0 Å². The number of nitrogens with one attached hydrogen (secondary N) is 1. The first-order chi connectivity index (χ1) is 10.4. The summed E-state index contributed by atoms with van der Waals surface area (Å²) in [4.78, 5) is 0. The zero-order chi connectivity index (χ0) is 16.0. The highest BCUT2D eigenvalue weighted by Crippen LogP contribution is 2.29. The van der Waals surface area contributed by atoms with E-state index in [1.165, 1.54) is 17.7 Å². The van der Waals surface area contributed by atoms with Crippen molar-refractivity contribution >= 4 is 0 Å². The third-order valence-electron chi connectivity index (χ3n) is 3.55. The molecule has 0 amide bonds. The summed E-state index contributed by atoms with van der Waals surface area (Å²) in [6.45, 7) is 2.80. The summed E-state index contributed by atoms with van der Waals surface area (Å²) in [7, 11) is 0. The highest BCUT2D eigenvalue weighted by Gasteiger charge is 2.30. The lowest BCUT2D eigenvalue weighted by molar-refractivity contribution is -0.137. The first-order valence-electron chi connectivity index (χ1n) is 7.38. The number of rotatable bonds is 6. The largest absolute Gasteiger partial charge is 0.416 e. The van der Waals surface area contributed by atoms with E-state index in [0.29, 0.717) is 12.0 Å². The van der Waals surface area contributed by atoms with Crippen molar-refractivity contribution in [2.45, 2.75) is 32.0 Å². The van der Waals surface area contributed by atoms with E-state index in [-0.39, 0.29) is 6.04 Å². The molecule has 0 aromatic heterocycles. The van der Waals surface area contributed by atoms with Crippen LogP contribution < -0.4 is 5.32 Å². The Labute approximate surface area is 129 Å². The first-order valence-corrected chi connectivity index (χ1v) is 7.38. The van der Waals surface area contributed by atoms with Crippen LogP contribution in [0.3, 0.4) is 0 Å². The van der Waals surface area contributed by atoms with E-state index in [2.05, 4.69) is 17.4 Å². The molecule has 1 nitrogen and oxygen atoms in total. The third-order valence-corrected chi connectivity index (χ3v) is 3.55. The lowest BCUT2D eigenvalue weighted by Gasteiger charge is -2.15. The molecule has 2 aromatic rings. The van der Waals surface area contributed by atoms with Gasteiger partial charge in [-0.25, -0.2) is 0 Å². The predicted octanol–water partition coefficient (Wildman–Crippen LogP) is 4.47. The van der Waals surface area contributed by atoms with E-state index in [1.54, 1.807) is 6.07 Å². The van der Waals surface area contributed by atoms with Gasteiger partial charge in [-0.2, -0.15) is 13.2 Å². The van der Waals surface area contributed by atoms with Gasteiger partial charge in [0.25, 0.3) is 0 Å². The van der Waals surface area contributed by atoms with Gasteiger partial charge in [-0.15, -0.1) is 0 Å². The highest BCUT2D eigenvalue weighted by atomic mass is 19.4. The van der Waals surface area contributed by atoms with Crippen LogP contribution in [0.2, 0.25) is 0 Å². The molecule has 0 aliphatic carbocycles. The first kappa shape index (κ1) is 16.6. The van der Waals surface area contributed by atoms with Crippen molar-refractivity contribution in [2.75, 3.05) is 6.54 Å². The smallest absolute Gasteiger partial charge is 0.314 e. The Hall–Kier alpha value is -1.81. The van der Waals surface area contributed by atoms with E-state index in [4.69, 9.17) is 0 Å². The fourth-order valence-corrected chi connectivity index (χ4v) is 2.41. The molecule has 1 N–H and O–H groups in total. The molecule has 2 aromatic carbocycles. The minimum Gasteiger partial charge on any atom is -0.314 e. The maximum atomic E-state index is 12.7. The number of hydrogen-bond acceptors (Lipinski definition) is 1. The van der Waals surface area contributed by atoms with Gasteiger partial charge in [0.05, 0.1) is 5.56 Å². The molecule has 22 heavy (non-hydrogen) atoms. The molecule has 0 aliphatic rings. The van der Waals surface area contributed by atoms with Crippen molar-refractivity contribution in [1.29, 1.82) is 0 Å². The van der Waals surface area contributed by atoms with Crippen LogP contribution in [0.15, 0.2) is 54.6 Å². The summed E-state index contributed by atoms with van der Waals surface area (Å²) < 4.78 is 38.0. The molecule has 4 heteroatoms. The highest BCUT2D eigenvalue weighted by molar-refractivity contribution is 5.26. The number of hydrogen-bond donors (Lipinski definition) is 1. The SMILES string of the molecule is C[C@H](Cc1cccc(C(F)(F)F)c1)NCCc1ccccc1. The fraction of sp³-hybridized carbons (Fsp3) is 0.333. The van der Waals surface area contributed by atoms with E-state index in [0.717, 1.165) is 19.0 Å². The van der Waals surface area contributed by atoms with Gasteiger partial charge in [0.1, 0.15) is 0 Å². The molecule has 0 unspecified atom stereocenters. The Morgan fingerprint density at radius 2 is 1.64 bits per heavy atom. The molecule has 0 bridgehead atoms. The van der Waals surface area contributed by atoms with Crippen molar-refractivity contribution in [3.05, 3.63) is 71.3 Å². The van der Waals surface area contributed by atoms with Gasteiger partial charge in [-0.3, -0.25) is 0 Å². The van der Waals surface area contributed by atoms with Crippen LogP contribution in [0.5, 0.6) is 0 Å². The summed E-state index contributed by atoms with van der Waals surface area (Å²) in [5.41, 5.74) is 1.37. The molecule has 118 valence electrons. The minimum atomic E-state index is -4.28. The Kier molecular flexibility index (Phi) is 5.61. The molecule has 0 saturated heterocycles. The maximum Gasteiger partial charge on any atom is 0.416 e. The van der Waals surface area contributed by atoms with Gasteiger partial charge in [0.15, 0.2) is 0 Å². The zero-order valence-corrected chi connectivity index (χ0v) is 12.5. The third kappa shape index (κ3) is 5.19. The Bertz CT molecular complexity index is 578. The normalized spacial score (nSPS) is 13.1. The summed E-state index contributed by atoms with van der Waals surface area (Å²) in [5.74, 6) is 0. The molecule has 0 radical (unpaired) electrons. The van der Waals surface area contributed by atoms with Crippen LogP contribution in [0.25, 0.3) is 0 Å². The average Bonchev–Trinajstić information content (AvgIpc) is 2.48. The van der Waals surface area contributed by atoms with Crippen molar-refractivity contribution in [3.8, 4) is 0 Å². The van der Waals surface area contributed by atoms with Crippen molar-refractivity contribution in [2.24, 2.45) is 0 Å². The molecule has 0 aliphatic heterocycles. The van der Waals surface area contributed by atoms with Crippen molar-refractivity contribution < 1.29 is 13.2 Å². The van der Waals surface area contributed by atoms with Crippen molar-refractivity contribution in [1.82, 2.24) is 5.32 Å². The van der Waals surface area contributed by atoms with Gasteiger partial charge in [0.2, 0.25) is 0 Å². The second-order valence-electron chi connectivity index (χ2n) is 5.49. The molecule has 0 spiro atoms. The van der Waals surface area contributed by atoms with Gasteiger partial charge >= 0.3 is 6.18 Å². The number of halogens is 3. The van der Waals surface area contributed by atoms with E-state index >= 15 is 0 Å². The van der Waals surface area contributed by atoms with E-state index < -0.39 is 11.7 Å². The standard InChI is InChI=1S/C18H20F3N/c1-14(22-11-10-15-6-3-2-4-7-15)12-16-8-5-9-17(13-16)18(19,20)21/h2-9,13-14,22H,10-12H2,1H3/t14-/m1/s1. The lowest BCUT2D eigenvalue weighted by Crippen LogP contribution is -2.30. The monoisotopic (exact) mass is 307 g/mol. The maximum absolute atomic E-state index is 12.7. The van der Waals surface area contributed by atoms with Gasteiger partial charge < -0.3 is 5.32 Å². The van der Waals surface area contributed by atoms with Crippen LogP contribution in [-0.4, -0.2) is 12.6 Å². The Morgan fingerprint density at radius 3 is 2.32 bits per heavy atom. The number of alkyl halides is 3. The molecule has 2 rings (SSSR count). The van der Waals surface area contributed by atoms with E-state index in [1.807, 2.05) is 25.1 Å². The predicted molar refractivity (Wildman–Crippen MR) is 82.8 cm³/mol. The Morgan fingerprint density at radius 1 is 0.955 bits per heavy atom. The quantitative estimate of drug-likeness (QED) is 0.830. The second-order valence-corrected chi connectivity index (χ2v) is 5.49. The van der Waals surface area contributed by atoms with Gasteiger partial charge in [0, 0.05) is 6.04 Å². The average molecular weight is 307 g/mol. The molecule has 0 fully saturated rings. The molecule has 0 saturated carbocycles. The second kappa shape index (κ2) is 7.45. The summed E-state index contributed by atoms with van der Waals surface area (Å²) in [6, 6.07) is 15.8. The van der Waals surface area contributed by atoms with Crippen molar-refractivity contribution in [3.63, 3.8) is 0 Å². The zero-order valence-electron chi connectivity index (χ0n) is 12.5. The molecular formula is C18H20F3N. The fourth-order valence-electron chi connectivity index (χ4n) is 2.41. The van der Waals surface area contributed by atoms with Crippen LogP contribution in [-0.2, 0) is 19.0 Å². The topological polar surface area (TPSA) is 12.0 Å². The van der Waals surface area contributed by atoms with Crippen LogP contribution in [0.1, 0.15) is 23.6 Å². The van der Waals surface area contributed by atoms with Gasteiger partial charge in [-0.1, -0.05) is 48.5 Å².